The van der Waals surface area contributed by atoms with Crippen molar-refractivity contribution >= 4 is 22.0 Å². The summed E-state index contributed by atoms with van der Waals surface area (Å²) in [6.07, 6.45) is 3.71. The molecule has 26 heavy (non-hydrogen) atoms. The van der Waals surface area contributed by atoms with Crippen LogP contribution < -0.4 is 5.32 Å². The molecule has 150 valence electrons. The van der Waals surface area contributed by atoms with E-state index in [2.05, 4.69) is 12.2 Å². The lowest BCUT2D eigenvalue weighted by Crippen LogP contribution is -2.54. The number of carbonyl (C=O) groups excluding carboxylic acids is 2. The van der Waals surface area contributed by atoms with E-state index in [4.69, 9.17) is 13.7 Å². The van der Waals surface area contributed by atoms with Crippen molar-refractivity contribution in [2.45, 2.75) is 64.7 Å². The minimum absolute atomic E-state index is 0.00563. The van der Waals surface area contributed by atoms with Gasteiger partial charge in [-0.2, -0.15) is 8.42 Å². The minimum atomic E-state index is -3.79. The van der Waals surface area contributed by atoms with E-state index >= 15 is 0 Å². The van der Waals surface area contributed by atoms with E-state index in [0.717, 1.165) is 25.5 Å². The summed E-state index contributed by atoms with van der Waals surface area (Å²) < 4.78 is 39.2. The standard InChI is InChI=1S/C17H29NO7S/c1-5-7-8-9-24-14-10-13(17(20)23-6-2)11-15(25-26(4,21)22)16(14)18-12(3)19/h10,14-16H,5-9,11H2,1-4H3,(H,18,19). The monoisotopic (exact) mass is 391 g/mol. The van der Waals surface area contributed by atoms with Gasteiger partial charge < -0.3 is 14.8 Å². The second-order valence-electron chi connectivity index (χ2n) is 6.22. The van der Waals surface area contributed by atoms with E-state index in [0.29, 0.717) is 6.61 Å². The van der Waals surface area contributed by atoms with E-state index in [-0.39, 0.29) is 24.5 Å². The van der Waals surface area contributed by atoms with E-state index in [1.54, 1.807) is 13.0 Å². The van der Waals surface area contributed by atoms with Crippen molar-refractivity contribution in [3.63, 3.8) is 0 Å². The molecule has 0 fully saturated rings. The van der Waals surface area contributed by atoms with Crippen molar-refractivity contribution in [1.29, 1.82) is 0 Å². The summed E-state index contributed by atoms with van der Waals surface area (Å²) in [5, 5.41) is 2.69. The number of hydrogen-bond donors (Lipinski definition) is 1. The first-order chi connectivity index (χ1) is 12.2. The third-order valence-electron chi connectivity index (χ3n) is 3.81. The molecule has 0 aromatic rings. The summed E-state index contributed by atoms with van der Waals surface area (Å²) in [7, 11) is -3.79. The van der Waals surface area contributed by atoms with E-state index < -0.39 is 34.3 Å². The summed E-state index contributed by atoms with van der Waals surface area (Å²) in [4.78, 5) is 23.7. The Labute approximate surface area is 155 Å². The highest BCUT2D eigenvalue weighted by Crippen LogP contribution is 2.26. The van der Waals surface area contributed by atoms with Gasteiger partial charge in [-0.3, -0.25) is 8.98 Å². The highest BCUT2D eigenvalue weighted by molar-refractivity contribution is 7.86. The van der Waals surface area contributed by atoms with Gasteiger partial charge in [-0.1, -0.05) is 19.8 Å². The number of carbonyl (C=O) groups is 2. The fraction of sp³-hybridized carbons (Fsp3) is 0.765. The fourth-order valence-electron chi connectivity index (χ4n) is 2.75. The zero-order valence-electron chi connectivity index (χ0n) is 15.8. The molecule has 0 radical (unpaired) electrons. The van der Waals surface area contributed by atoms with Gasteiger partial charge in [-0.25, -0.2) is 4.79 Å². The second kappa shape index (κ2) is 10.6. The highest BCUT2D eigenvalue weighted by atomic mass is 32.2. The molecule has 0 saturated heterocycles. The lowest BCUT2D eigenvalue weighted by atomic mass is 9.90. The van der Waals surface area contributed by atoms with Crippen molar-refractivity contribution in [3.05, 3.63) is 11.6 Å². The molecular formula is C17H29NO7S. The first kappa shape index (κ1) is 22.6. The van der Waals surface area contributed by atoms with E-state index in [1.165, 1.54) is 6.92 Å². The molecule has 1 aliphatic carbocycles. The summed E-state index contributed by atoms with van der Waals surface area (Å²) in [5.41, 5.74) is 0.280. The van der Waals surface area contributed by atoms with Gasteiger partial charge in [0.1, 0.15) is 6.10 Å². The van der Waals surface area contributed by atoms with Crippen LogP contribution in [0.25, 0.3) is 0 Å². The molecule has 0 saturated carbocycles. The number of amides is 1. The van der Waals surface area contributed by atoms with Gasteiger partial charge in [-0.15, -0.1) is 0 Å². The molecule has 8 nitrogen and oxygen atoms in total. The van der Waals surface area contributed by atoms with Gasteiger partial charge in [0, 0.05) is 25.5 Å². The first-order valence-corrected chi connectivity index (χ1v) is 10.6. The van der Waals surface area contributed by atoms with Gasteiger partial charge in [0.15, 0.2) is 0 Å². The minimum Gasteiger partial charge on any atom is -0.463 e. The third-order valence-corrected chi connectivity index (χ3v) is 4.40. The van der Waals surface area contributed by atoms with Gasteiger partial charge in [-0.05, 0) is 19.4 Å². The summed E-state index contributed by atoms with van der Waals surface area (Å²) in [5.74, 6) is -0.884. The molecule has 9 heteroatoms. The molecule has 0 bridgehead atoms. The van der Waals surface area contributed by atoms with Crippen LogP contribution in [0.4, 0.5) is 0 Å². The lowest BCUT2D eigenvalue weighted by Gasteiger charge is -2.36. The molecule has 0 heterocycles. The maximum Gasteiger partial charge on any atom is 0.333 e. The third kappa shape index (κ3) is 7.84. The molecule has 3 atom stereocenters. The predicted molar refractivity (Wildman–Crippen MR) is 95.9 cm³/mol. The average Bonchev–Trinajstić information content (AvgIpc) is 2.52. The Morgan fingerprint density at radius 2 is 1.96 bits per heavy atom. The topological polar surface area (TPSA) is 108 Å². The number of esters is 1. The summed E-state index contributed by atoms with van der Waals surface area (Å²) in [6.45, 7) is 5.70. The molecule has 1 N–H and O–H groups in total. The zero-order chi connectivity index (χ0) is 19.7. The highest BCUT2D eigenvalue weighted by Gasteiger charge is 2.39. The Kier molecular flexibility index (Phi) is 9.24. The number of rotatable bonds is 10. The maximum atomic E-state index is 12.1. The molecule has 3 unspecified atom stereocenters. The van der Waals surface area contributed by atoms with Crippen LogP contribution in [0.3, 0.4) is 0 Å². The summed E-state index contributed by atoms with van der Waals surface area (Å²) in [6, 6.07) is -0.720. The van der Waals surface area contributed by atoms with E-state index in [9.17, 15) is 18.0 Å². The Morgan fingerprint density at radius 1 is 1.27 bits per heavy atom. The quantitative estimate of drug-likeness (QED) is 0.340. The lowest BCUT2D eigenvalue weighted by molar-refractivity contribution is -0.139. The van der Waals surface area contributed by atoms with Crippen LogP contribution in [0.5, 0.6) is 0 Å². The molecule has 1 aliphatic rings. The SMILES string of the molecule is CCCCCOC1C=C(C(=O)OCC)CC(OS(C)(=O)=O)C1NC(C)=O. The van der Waals surface area contributed by atoms with Gasteiger partial charge in [0.05, 0.1) is 25.0 Å². The molecule has 0 aromatic heterocycles. The van der Waals surface area contributed by atoms with Crippen molar-refractivity contribution in [1.82, 2.24) is 5.32 Å². The molecule has 1 rings (SSSR count). The van der Waals surface area contributed by atoms with Gasteiger partial charge >= 0.3 is 5.97 Å². The Hall–Kier alpha value is -1.45. The van der Waals surface area contributed by atoms with Crippen LogP contribution in [0.2, 0.25) is 0 Å². The Bertz CT molecular complexity index is 615. The average molecular weight is 391 g/mol. The fourth-order valence-corrected chi connectivity index (χ4v) is 3.39. The Balaban J connectivity index is 3.09. The van der Waals surface area contributed by atoms with Crippen LogP contribution >= 0.6 is 0 Å². The second-order valence-corrected chi connectivity index (χ2v) is 7.82. The largest absolute Gasteiger partial charge is 0.463 e. The normalized spacial score (nSPS) is 23.2. The van der Waals surface area contributed by atoms with Crippen LogP contribution in [-0.2, 0) is 33.4 Å². The van der Waals surface area contributed by atoms with Crippen molar-refractivity contribution in [2.75, 3.05) is 19.5 Å². The molecule has 1 amide bonds. The van der Waals surface area contributed by atoms with Crippen LogP contribution in [0, 0.1) is 0 Å². The number of unbranched alkanes of at least 4 members (excludes halogenated alkanes) is 2. The van der Waals surface area contributed by atoms with Crippen LogP contribution in [-0.4, -0.2) is 58.0 Å². The molecule has 0 aromatic carbocycles. The number of ether oxygens (including phenoxy) is 2. The van der Waals surface area contributed by atoms with Gasteiger partial charge in [0.25, 0.3) is 10.1 Å². The van der Waals surface area contributed by atoms with Crippen molar-refractivity contribution in [2.24, 2.45) is 0 Å². The predicted octanol–water partition coefficient (Wildman–Crippen LogP) is 1.30. The van der Waals surface area contributed by atoms with Crippen molar-refractivity contribution in [3.8, 4) is 0 Å². The Morgan fingerprint density at radius 3 is 2.50 bits per heavy atom. The summed E-state index contributed by atoms with van der Waals surface area (Å²) >= 11 is 0. The first-order valence-electron chi connectivity index (χ1n) is 8.82. The molecule has 0 spiro atoms. The van der Waals surface area contributed by atoms with Gasteiger partial charge in [0.2, 0.25) is 5.91 Å². The number of hydrogen-bond acceptors (Lipinski definition) is 7. The maximum absolute atomic E-state index is 12.1. The number of nitrogens with one attached hydrogen (secondary N) is 1. The molecular weight excluding hydrogens is 362 g/mol. The van der Waals surface area contributed by atoms with Crippen molar-refractivity contribution < 1.29 is 31.7 Å². The van der Waals surface area contributed by atoms with Crippen LogP contribution in [0.1, 0.15) is 46.5 Å². The van der Waals surface area contributed by atoms with Crippen LogP contribution in [0.15, 0.2) is 11.6 Å². The van der Waals surface area contributed by atoms with E-state index in [1.807, 2.05) is 0 Å². The zero-order valence-corrected chi connectivity index (χ0v) is 16.6. The smallest absolute Gasteiger partial charge is 0.333 e. The molecule has 0 aliphatic heterocycles.